The summed E-state index contributed by atoms with van der Waals surface area (Å²) < 4.78 is 0. The summed E-state index contributed by atoms with van der Waals surface area (Å²) in [6.07, 6.45) is -0.0644. The molecule has 0 saturated carbocycles. The molecule has 0 aliphatic rings. The lowest BCUT2D eigenvalue weighted by atomic mass is 10.1. The molecule has 0 fully saturated rings. The van der Waals surface area contributed by atoms with Gasteiger partial charge in [-0.25, -0.2) is 9.78 Å². The minimum absolute atomic E-state index is 0.0644. The van der Waals surface area contributed by atoms with Gasteiger partial charge in [-0.15, -0.1) is 0 Å². The van der Waals surface area contributed by atoms with Crippen LogP contribution >= 0.6 is 15.9 Å². The van der Waals surface area contributed by atoms with Crippen LogP contribution in [0.4, 0.5) is 0 Å². The van der Waals surface area contributed by atoms with Crippen molar-refractivity contribution in [2.75, 3.05) is 5.33 Å². The average molecular weight is 273 g/mol. The predicted octanol–water partition coefficient (Wildman–Crippen LogP) is 3.87. The van der Waals surface area contributed by atoms with Crippen molar-refractivity contribution in [2.45, 2.75) is 32.5 Å². The van der Waals surface area contributed by atoms with E-state index in [0.717, 1.165) is 5.56 Å². The van der Waals surface area contributed by atoms with Crippen LogP contribution in [0.15, 0.2) is 30.3 Å². The van der Waals surface area contributed by atoms with Crippen LogP contribution in [0.1, 0.15) is 32.4 Å². The standard InChI is InChI=1S/C12H17BrO2/c1-12(2,3)15-14-11(9-13)10-7-5-4-6-8-10/h4-8,11H,9H2,1-3H3. The number of halogens is 1. The van der Waals surface area contributed by atoms with E-state index < -0.39 is 0 Å². The molecule has 0 bridgehead atoms. The van der Waals surface area contributed by atoms with Crippen LogP contribution in [0.25, 0.3) is 0 Å². The van der Waals surface area contributed by atoms with Crippen molar-refractivity contribution in [3.8, 4) is 0 Å². The molecule has 0 spiro atoms. The smallest absolute Gasteiger partial charge is 0.128 e. The molecular formula is C12H17BrO2. The molecule has 3 heteroatoms. The third-order valence-corrected chi connectivity index (χ3v) is 2.31. The second-order valence-corrected chi connectivity index (χ2v) is 4.99. The van der Waals surface area contributed by atoms with Gasteiger partial charge in [0, 0.05) is 5.33 Å². The van der Waals surface area contributed by atoms with E-state index in [4.69, 9.17) is 9.78 Å². The van der Waals surface area contributed by atoms with Gasteiger partial charge in [0.05, 0.1) is 5.60 Å². The average Bonchev–Trinajstić information content (AvgIpc) is 2.19. The first-order valence-corrected chi connectivity index (χ1v) is 6.10. The van der Waals surface area contributed by atoms with E-state index in [1.165, 1.54) is 0 Å². The minimum atomic E-state index is -0.283. The van der Waals surface area contributed by atoms with Gasteiger partial charge in [0.2, 0.25) is 0 Å². The van der Waals surface area contributed by atoms with Crippen molar-refractivity contribution in [1.29, 1.82) is 0 Å². The normalized spacial score (nSPS) is 13.9. The van der Waals surface area contributed by atoms with Gasteiger partial charge in [-0.2, -0.15) is 0 Å². The summed E-state index contributed by atoms with van der Waals surface area (Å²) in [5.41, 5.74) is 0.827. The summed E-state index contributed by atoms with van der Waals surface area (Å²) in [7, 11) is 0. The van der Waals surface area contributed by atoms with Crippen molar-refractivity contribution >= 4 is 15.9 Å². The molecule has 1 aromatic carbocycles. The maximum atomic E-state index is 5.39. The van der Waals surface area contributed by atoms with Crippen LogP contribution in [0, 0.1) is 0 Å². The lowest BCUT2D eigenvalue weighted by Crippen LogP contribution is -2.21. The molecule has 15 heavy (non-hydrogen) atoms. The number of hydrogen-bond donors (Lipinski definition) is 0. The Kier molecular flexibility index (Phi) is 4.77. The van der Waals surface area contributed by atoms with E-state index in [0.29, 0.717) is 5.33 Å². The van der Waals surface area contributed by atoms with Crippen LogP contribution in [0.3, 0.4) is 0 Å². The van der Waals surface area contributed by atoms with Crippen LogP contribution in [0.5, 0.6) is 0 Å². The van der Waals surface area contributed by atoms with Crippen molar-refractivity contribution in [2.24, 2.45) is 0 Å². The molecule has 1 unspecified atom stereocenters. The van der Waals surface area contributed by atoms with Crippen LogP contribution in [-0.2, 0) is 9.78 Å². The van der Waals surface area contributed by atoms with E-state index in [1.807, 2.05) is 51.1 Å². The number of benzene rings is 1. The summed E-state index contributed by atoms with van der Waals surface area (Å²) in [6, 6.07) is 10.0. The maximum absolute atomic E-state index is 5.39. The molecule has 0 amide bonds. The highest BCUT2D eigenvalue weighted by Gasteiger charge is 2.17. The molecule has 0 radical (unpaired) electrons. The molecule has 84 valence electrons. The molecule has 2 nitrogen and oxygen atoms in total. The second-order valence-electron chi connectivity index (χ2n) is 4.35. The highest BCUT2D eigenvalue weighted by molar-refractivity contribution is 9.09. The molecule has 1 rings (SSSR count). The summed E-state index contributed by atoms with van der Waals surface area (Å²) in [5.74, 6) is 0. The predicted molar refractivity (Wildman–Crippen MR) is 64.9 cm³/mol. The van der Waals surface area contributed by atoms with E-state index in [9.17, 15) is 0 Å². The SMILES string of the molecule is CC(C)(C)OOC(CBr)c1ccccc1. The Hall–Kier alpha value is -0.380. The van der Waals surface area contributed by atoms with Crippen molar-refractivity contribution < 1.29 is 9.78 Å². The third-order valence-electron chi connectivity index (χ3n) is 1.73. The summed E-state index contributed by atoms with van der Waals surface area (Å²) in [4.78, 5) is 10.7. The highest BCUT2D eigenvalue weighted by atomic mass is 79.9. The molecule has 1 atom stereocenters. The number of hydrogen-bond acceptors (Lipinski definition) is 2. The maximum Gasteiger partial charge on any atom is 0.128 e. The number of alkyl halides is 1. The van der Waals surface area contributed by atoms with E-state index in [-0.39, 0.29) is 11.7 Å². The quantitative estimate of drug-likeness (QED) is 0.471. The summed E-state index contributed by atoms with van der Waals surface area (Å²) in [6.45, 7) is 5.88. The molecule has 0 aromatic heterocycles. The minimum Gasteiger partial charge on any atom is -0.230 e. The molecule has 0 saturated heterocycles. The lowest BCUT2D eigenvalue weighted by molar-refractivity contribution is -0.371. The van der Waals surface area contributed by atoms with Crippen molar-refractivity contribution in [3.05, 3.63) is 35.9 Å². The number of rotatable bonds is 4. The molecule has 0 heterocycles. The van der Waals surface area contributed by atoms with E-state index in [2.05, 4.69) is 15.9 Å². The zero-order chi connectivity index (χ0) is 11.3. The van der Waals surface area contributed by atoms with Gasteiger partial charge in [-0.3, -0.25) is 0 Å². The highest BCUT2D eigenvalue weighted by Crippen LogP contribution is 2.22. The van der Waals surface area contributed by atoms with Gasteiger partial charge in [-0.05, 0) is 26.3 Å². The van der Waals surface area contributed by atoms with Gasteiger partial charge in [0.1, 0.15) is 6.10 Å². The zero-order valence-corrected chi connectivity index (χ0v) is 11.0. The van der Waals surface area contributed by atoms with Gasteiger partial charge >= 0.3 is 0 Å². The van der Waals surface area contributed by atoms with E-state index >= 15 is 0 Å². The van der Waals surface area contributed by atoms with Crippen LogP contribution in [-0.4, -0.2) is 10.9 Å². The molecule has 1 aromatic rings. The Morgan fingerprint density at radius 2 is 1.80 bits per heavy atom. The second kappa shape index (κ2) is 5.64. The zero-order valence-electron chi connectivity index (χ0n) is 9.37. The van der Waals surface area contributed by atoms with Crippen LogP contribution in [0.2, 0.25) is 0 Å². The summed E-state index contributed by atoms with van der Waals surface area (Å²) >= 11 is 3.42. The molecule has 0 aliphatic heterocycles. The molecule has 0 aliphatic carbocycles. The first-order chi connectivity index (χ1) is 7.03. The Balaban J connectivity index is 2.58. The Morgan fingerprint density at radius 3 is 2.27 bits per heavy atom. The van der Waals surface area contributed by atoms with Gasteiger partial charge < -0.3 is 0 Å². The molecular weight excluding hydrogens is 256 g/mol. The summed E-state index contributed by atoms with van der Waals surface area (Å²) in [5, 5.41) is 0.715. The third kappa shape index (κ3) is 4.78. The fraction of sp³-hybridized carbons (Fsp3) is 0.500. The molecule has 0 N–H and O–H groups in total. The Labute approximate surface area is 99.6 Å². The van der Waals surface area contributed by atoms with E-state index in [1.54, 1.807) is 0 Å². The fourth-order valence-electron chi connectivity index (χ4n) is 1.04. The monoisotopic (exact) mass is 272 g/mol. The Bertz CT molecular complexity index is 279. The van der Waals surface area contributed by atoms with Gasteiger partial charge in [0.15, 0.2) is 0 Å². The van der Waals surface area contributed by atoms with Gasteiger partial charge in [-0.1, -0.05) is 46.3 Å². The fourth-order valence-corrected chi connectivity index (χ4v) is 1.52. The van der Waals surface area contributed by atoms with Crippen molar-refractivity contribution in [1.82, 2.24) is 0 Å². The largest absolute Gasteiger partial charge is 0.230 e. The van der Waals surface area contributed by atoms with Crippen LogP contribution < -0.4 is 0 Å². The topological polar surface area (TPSA) is 18.5 Å². The van der Waals surface area contributed by atoms with Gasteiger partial charge in [0.25, 0.3) is 0 Å². The lowest BCUT2D eigenvalue weighted by Gasteiger charge is -2.22. The Morgan fingerprint density at radius 1 is 1.20 bits per heavy atom. The first-order valence-electron chi connectivity index (χ1n) is 4.98. The van der Waals surface area contributed by atoms with Crippen molar-refractivity contribution in [3.63, 3.8) is 0 Å². The first kappa shape index (κ1) is 12.7.